The molecule has 8 nitrogen and oxygen atoms in total. The number of nitrogens with one attached hydrogen (secondary N) is 1. The second-order valence-corrected chi connectivity index (χ2v) is 15.0. The lowest BCUT2D eigenvalue weighted by Crippen LogP contribution is -2.48. The highest BCUT2D eigenvalue weighted by Gasteiger charge is 2.39. The Morgan fingerprint density at radius 2 is 1.79 bits per heavy atom. The zero-order valence-corrected chi connectivity index (χ0v) is 26.0. The van der Waals surface area contributed by atoms with Gasteiger partial charge in [0.15, 0.2) is 0 Å². The van der Waals surface area contributed by atoms with Crippen molar-refractivity contribution in [2.24, 2.45) is 5.92 Å². The minimum Gasteiger partial charge on any atom is -0.381 e. The van der Waals surface area contributed by atoms with Crippen molar-refractivity contribution in [3.8, 4) is 0 Å². The quantitative estimate of drug-likeness (QED) is 0.369. The van der Waals surface area contributed by atoms with Gasteiger partial charge in [0.05, 0.1) is 16.9 Å². The molecule has 0 aliphatic carbocycles. The fourth-order valence-corrected chi connectivity index (χ4v) is 8.37. The van der Waals surface area contributed by atoms with Crippen LogP contribution in [0.25, 0.3) is 11.0 Å². The van der Waals surface area contributed by atoms with E-state index in [1.54, 1.807) is 12.1 Å². The van der Waals surface area contributed by atoms with Crippen LogP contribution in [0.2, 0.25) is 0 Å². The Kier molecular flexibility index (Phi) is 8.77. The van der Waals surface area contributed by atoms with E-state index in [9.17, 15) is 8.42 Å². The average Bonchev–Trinajstić information content (AvgIpc) is 3.30. The summed E-state index contributed by atoms with van der Waals surface area (Å²) in [6.45, 7) is 8.20. The molecule has 43 heavy (non-hydrogen) atoms. The van der Waals surface area contributed by atoms with E-state index >= 15 is 8.78 Å². The Labute approximate surface area is 253 Å². The molecular formula is C32H43F2N5O3S. The summed E-state index contributed by atoms with van der Waals surface area (Å²) in [5.41, 5.74) is 2.71. The largest absolute Gasteiger partial charge is 0.381 e. The molecule has 1 aromatic carbocycles. The molecule has 4 aliphatic heterocycles. The SMILES string of the molecule is Cc1nc2c3cc(C4CCS(=O)(=O)CC4)n(c3n1)CCCOCCCCN1CC(C1)CC(F)(F)c1cccc(c1)[C@@H](C)N2. The third kappa shape index (κ3) is 6.88. The molecule has 1 atom stereocenters. The Morgan fingerprint density at radius 1 is 1.02 bits per heavy atom. The second-order valence-electron chi connectivity index (χ2n) is 12.7. The summed E-state index contributed by atoms with van der Waals surface area (Å²) in [6.07, 6.45) is 3.78. The number of benzene rings is 1. The number of nitrogens with zero attached hydrogens (tertiary/aromatic N) is 4. The lowest BCUT2D eigenvalue weighted by atomic mass is 9.89. The monoisotopic (exact) mass is 615 g/mol. The van der Waals surface area contributed by atoms with E-state index in [1.807, 2.05) is 19.9 Å². The van der Waals surface area contributed by atoms with Crippen molar-refractivity contribution in [3.63, 3.8) is 0 Å². The fraction of sp³-hybridized carbons (Fsp3) is 0.625. The highest BCUT2D eigenvalue weighted by atomic mass is 32.2. The normalized spacial score (nSPS) is 27.0. The molecule has 2 saturated heterocycles. The predicted octanol–water partition coefficient (Wildman–Crippen LogP) is 5.82. The van der Waals surface area contributed by atoms with Crippen LogP contribution >= 0.6 is 0 Å². The van der Waals surface area contributed by atoms with Gasteiger partial charge >= 0.3 is 0 Å². The first kappa shape index (κ1) is 30.4. The summed E-state index contributed by atoms with van der Waals surface area (Å²) in [5.74, 6) is -1.14. The maximum Gasteiger partial charge on any atom is 0.273 e. The molecule has 0 amide bonds. The molecule has 0 spiro atoms. The van der Waals surface area contributed by atoms with Gasteiger partial charge in [-0.25, -0.2) is 27.2 Å². The lowest BCUT2D eigenvalue weighted by Gasteiger charge is -2.41. The van der Waals surface area contributed by atoms with Crippen molar-refractivity contribution in [1.82, 2.24) is 19.4 Å². The molecule has 0 unspecified atom stereocenters. The van der Waals surface area contributed by atoms with Gasteiger partial charge in [0.25, 0.3) is 5.92 Å². The van der Waals surface area contributed by atoms with Crippen molar-refractivity contribution in [2.75, 3.05) is 49.7 Å². The summed E-state index contributed by atoms with van der Waals surface area (Å²) < 4.78 is 63.5. The fourth-order valence-electron chi connectivity index (χ4n) is 6.88. The van der Waals surface area contributed by atoms with E-state index in [-0.39, 0.29) is 41.4 Å². The number of ether oxygens (including phenoxy) is 1. The van der Waals surface area contributed by atoms with Gasteiger partial charge < -0.3 is 19.5 Å². The van der Waals surface area contributed by atoms with Gasteiger partial charge in [-0.15, -0.1) is 0 Å². The van der Waals surface area contributed by atoms with Crippen LogP contribution in [0.4, 0.5) is 14.6 Å². The van der Waals surface area contributed by atoms with Crippen molar-refractivity contribution < 1.29 is 21.9 Å². The second kappa shape index (κ2) is 12.4. The smallest absolute Gasteiger partial charge is 0.273 e. The Morgan fingerprint density at radius 3 is 2.58 bits per heavy atom. The molecule has 2 fully saturated rings. The molecule has 0 radical (unpaired) electrons. The summed E-state index contributed by atoms with van der Waals surface area (Å²) in [4.78, 5) is 11.8. The summed E-state index contributed by atoms with van der Waals surface area (Å²) in [6, 6.07) is 8.60. The van der Waals surface area contributed by atoms with Gasteiger partial charge in [-0.2, -0.15) is 0 Å². The Balaban J connectivity index is 1.34. The molecular weight excluding hydrogens is 572 g/mol. The van der Waals surface area contributed by atoms with Crippen LogP contribution in [0.3, 0.4) is 0 Å². The number of hydrogen-bond donors (Lipinski definition) is 1. The van der Waals surface area contributed by atoms with Gasteiger partial charge in [-0.3, -0.25) is 0 Å². The summed E-state index contributed by atoms with van der Waals surface area (Å²) in [7, 11) is -3.00. The van der Waals surface area contributed by atoms with Crippen molar-refractivity contribution in [2.45, 2.75) is 76.8 Å². The number of anilines is 1. The van der Waals surface area contributed by atoms with E-state index in [1.165, 1.54) is 6.07 Å². The molecule has 6 heterocycles. The van der Waals surface area contributed by atoms with Crippen LogP contribution in [-0.4, -0.2) is 72.2 Å². The number of hydrogen-bond acceptors (Lipinski definition) is 7. The maximum atomic E-state index is 15.4. The third-order valence-corrected chi connectivity index (χ3v) is 11.0. The number of aryl methyl sites for hydroxylation is 2. The van der Waals surface area contributed by atoms with Crippen molar-refractivity contribution >= 4 is 26.7 Å². The zero-order chi connectivity index (χ0) is 30.2. The van der Waals surface area contributed by atoms with Crippen LogP contribution in [-0.2, 0) is 27.0 Å². The maximum absolute atomic E-state index is 15.4. The molecule has 8 bridgehead atoms. The third-order valence-electron chi connectivity index (χ3n) is 9.29. The number of halogens is 2. The first-order valence-electron chi connectivity index (χ1n) is 15.7. The van der Waals surface area contributed by atoms with Crippen molar-refractivity contribution in [3.05, 3.63) is 53.0 Å². The molecule has 7 rings (SSSR count). The van der Waals surface area contributed by atoms with E-state index < -0.39 is 15.8 Å². The zero-order valence-electron chi connectivity index (χ0n) is 25.2. The van der Waals surface area contributed by atoms with E-state index in [4.69, 9.17) is 14.7 Å². The van der Waals surface area contributed by atoms with Crippen LogP contribution in [0.5, 0.6) is 0 Å². The van der Waals surface area contributed by atoms with Crippen LogP contribution < -0.4 is 5.32 Å². The van der Waals surface area contributed by atoms with Crippen molar-refractivity contribution in [1.29, 1.82) is 0 Å². The Hall–Kier alpha value is -2.63. The lowest BCUT2D eigenvalue weighted by molar-refractivity contribution is -0.0570. The van der Waals surface area contributed by atoms with Gasteiger partial charge in [0, 0.05) is 62.5 Å². The summed E-state index contributed by atoms with van der Waals surface area (Å²) in [5, 5.41) is 4.36. The Bertz CT molecular complexity index is 1540. The molecule has 2 aromatic heterocycles. The van der Waals surface area contributed by atoms with Crippen LogP contribution in [0.1, 0.15) is 80.1 Å². The molecule has 0 saturated carbocycles. The molecule has 1 N–H and O–H groups in total. The predicted molar refractivity (Wildman–Crippen MR) is 164 cm³/mol. The minimum absolute atomic E-state index is 0.00287. The highest BCUT2D eigenvalue weighted by Crippen LogP contribution is 2.39. The first-order valence-corrected chi connectivity index (χ1v) is 17.5. The van der Waals surface area contributed by atoms with Crippen LogP contribution in [0.15, 0.2) is 30.3 Å². The topological polar surface area (TPSA) is 89.3 Å². The number of fused-ring (bicyclic) bond motifs is 9. The first-order chi connectivity index (χ1) is 20.6. The molecule has 234 valence electrons. The molecule has 3 aromatic rings. The highest BCUT2D eigenvalue weighted by molar-refractivity contribution is 7.91. The number of rotatable bonds is 1. The number of sulfone groups is 1. The van der Waals surface area contributed by atoms with E-state index in [0.29, 0.717) is 44.2 Å². The molecule has 11 heteroatoms. The van der Waals surface area contributed by atoms with E-state index in [2.05, 4.69) is 20.9 Å². The number of alkyl halides is 2. The van der Waals surface area contributed by atoms with Gasteiger partial charge in [0.2, 0.25) is 0 Å². The van der Waals surface area contributed by atoms with Gasteiger partial charge in [-0.1, -0.05) is 18.2 Å². The van der Waals surface area contributed by atoms with Crippen LogP contribution in [0, 0.1) is 12.8 Å². The number of aromatic nitrogens is 3. The minimum atomic E-state index is -3.00. The van der Waals surface area contributed by atoms with E-state index in [0.717, 1.165) is 61.2 Å². The average molecular weight is 616 g/mol. The molecule has 4 aliphatic rings. The van der Waals surface area contributed by atoms with Gasteiger partial charge in [0.1, 0.15) is 27.1 Å². The summed E-state index contributed by atoms with van der Waals surface area (Å²) >= 11 is 0. The standard InChI is InChI=1S/C32H43F2N5O3S/c1-22-26-7-5-8-27(17-26)32(33,34)19-24-20-38(21-24)11-3-4-13-42-14-6-12-39-29(25-9-15-43(40,41)16-10-25)18-28-30(35-22)36-23(2)37-31(28)39/h5,7-8,17-18,22,24-25H,3-4,6,9-16,19-21H2,1-2H3,(H,35,36,37)/t22-/m1/s1. The van der Waals surface area contributed by atoms with Gasteiger partial charge in [-0.05, 0) is 76.1 Å².